The van der Waals surface area contributed by atoms with Gasteiger partial charge in [-0.1, -0.05) is 20.3 Å². The maximum atomic E-state index is 12.5. The average Bonchev–Trinajstić information content (AvgIpc) is 3.11. The number of aryl methyl sites for hydroxylation is 1. The highest BCUT2D eigenvalue weighted by molar-refractivity contribution is 6.00. The third-order valence-corrected chi connectivity index (χ3v) is 4.59. The van der Waals surface area contributed by atoms with E-state index in [0.29, 0.717) is 24.4 Å². The van der Waals surface area contributed by atoms with E-state index in [0.717, 1.165) is 12.8 Å². The summed E-state index contributed by atoms with van der Waals surface area (Å²) >= 11 is 0. The van der Waals surface area contributed by atoms with Crippen LogP contribution in [-0.4, -0.2) is 58.3 Å². The summed E-state index contributed by atoms with van der Waals surface area (Å²) in [7, 11) is 4.43. The van der Waals surface area contributed by atoms with Crippen LogP contribution in [0.3, 0.4) is 0 Å². The summed E-state index contributed by atoms with van der Waals surface area (Å²) in [6.45, 7) is 4.39. The first-order chi connectivity index (χ1) is 13.4. The molecular weight excluding hydrogens is 366 g/mol. The molecule has 1 N–H and O–H groups in total. The second kappa shape index (κ2) is 9.45. The van der Waals surface area contributed by atoms with E-state index in [4.69, 9.17) is 9.47 Å². The van der Waals surface area contributed by atoms with Gasteiger partial charge in [-0.3, -0.25) is 9.59 Å². The molecule has 1 atom stereocenters. The zero-order chi connectivity index (χ0) is 20.8. The van der Waals surface area contributed by atoms with Gasteiger partial charge in [0.05, 0.1) is 24.9 Å². The molecule has 2 rings (SSSR count). The van der Waals surface area contributed by atoms with Gasteiger partial charge in [-0.25, -0.2) is 4.98 Å². The molecule has 0 amide bonds. The van der Waals surface area contributed by atoms with Crippen LogP contribution in [0.2, 0.25) is 0 Å². The molecule has 1 aliphatic rings. The van der Waals surface area contributed by atoms with Gasteiger partial charge < -0.3 is 24.0 Å². The van der Waals surface area contributed by atoms with Gasteiger partial charge in [0.2, 0.25) is 17.6 Å². The van der Waals surface area contributed by atoms with Crippen LogP contribution in [0.1, 0.15) is 38.1 Å². The number of aliphatic hydroxyl groups is 1. The average molecular weight is 393 g/mol. The Hall–Kier alpha value is -2.75. The first kappa shape index (κ1) is 21.5. The molecule has 1 aromatic heterocycles. The lowest BCUT2D eigenvalue weighted by molar-refractivity contribution is -0.139. The standard InChI is InChI=1S/C18H27N5O5/c1-6-8-9-23-16(26)14(15(25)17(23)28-5)20-21-18-19-11(7-2)12(22(18)3)10-13(24)27-4/h17,26H,6-10H2,1-5H3. The number of ketones is 1. The number of azo groups is 1. The maximum Gasteiger partial charge on any atom is 0.311 e. The predicted octanol–water partition coefficient (Wildman–Crippen LogP) is 2.17. The van der Waals surface area contributed by atoms with Crippen molar-refractivity contribution in [1.29, 1.82) is 0 Å². The molecular formula is C18H27N5O5. The first-order valence-electron chi connectivity index (χ1n) is 9.19. The quantitative estimate of drug-likeness (QED) is 0.504. The number of unbranched alkanes of at least 4 members (excludes halogenated alkanes) is 1. The van der Waals surface area contributed by atoms with Crippen LogP contribution < -0.4 is 0 Å². The lowest BCUT2D eigenvalue weighted by Gasteiger charge is -2.23. The second-order valence-corrected chi connectivity index (χ2v) is 6.34. The molecule has 0 saturated carbocycles. The fourth-order valence-electron chi connectivity index (χ4n) is 2.97. The van der Waals surface area contributed by atoms with Crippen LogP contribution >= 0.6 is 0 Å². The van der Waals surface area contributed by atoms with E-state index in [2.05, 4.69) is 15.2 Å². The number of carbonyl (C=O) groups is 2. The van der Waals surface area contributed by atoms with E-state index >= 15 is 0 Å². The molecule has 0 spiro atoms. The van der Waals surface area contributed by atoms with Crippen molar-refractivity contribution in [3.05, 3.63) is 23.0 Å². The summed E-state index contributed by atoms with van der Waals surface area (Å²) in [5.41, 5.74) is 1.19. The third-order valence-electron chi connectivity index (χ3n) is 4.59. The molecule has 2 heterocycles. The molecule has 1 aliphatic heterocycles. The number of aliphatic hydroxyl groups excluding tert-OH is 1. The molecule has 10 nitrogen and oxygen atoms in total. The van der Waals surface area contributed by atoms with Crippen molar-refractivity contribution in [2.24, 2.45) is 17.3 Å². The summed E-state index contributed by atoms with van der Waals surface area (Å²) in [5, 5.41) is 18.4. The van der Waals surface area contributed by atoms with Crippen molar-refractivity contribution < 1.29 is 24.2 Å². The molecule has 0 bridgehead atoms. The van der Waals surface area contributed by atoms with Gasteiger partial charge in [-0.05, 0) is 12.8 Å². The zero-order valence-electron chi connectivity index (χ0n) is 16.9. The minimum absolute atomic E-state index is 0.0577. The van der Waals surface area contributed by atoms with Crippen molar-refractivity contribution in [3.63, 3.8) is 0 Å². The number of rotatable bonds is 9. The monoisotopic (exact) mass is 393 g/mol. The number of hydrogen-bond donors (Lipinski definition) is 1. The first-order valence-corrected chi connectivity index (χ1v) is 9.19. The van der Waals surface area contributed by atoms with Crippen molar-refractivity contribution >= 4 is 17.7 Å². The highest BCUT2D eigenvalue weighted by Gasteiger charge is 2.40. The minimum Gasteiger partial charge on any atom is -0.493 e. The SMILES string of the molecule is CCCCN1C(O)=C(N=Nc2nc(CC)c(CC(=O)OC)n2C)C(=O)C1OC. The van der Waals surface area contributed by atoms with Crippen LogP contribution in [0, 0.1) is 0 Å². The van der Waals surface area contributed by atoms with E-state index in [1.165, 1.54) is 19.1 Å². The number of carbonyl (C=O) groups excluding carboxylic acids is 2. The largest absolute Gasteiger partial charge is 0.493 e. The van der Waals surface area contributed by atoms with E-state index in [1.54, 1.807) is 11.6 Å². The molecule has 0 aliphatic carbocycles. The van der Waals surface area contributed by atoms with Gasteiger partial charge in [0.25, 0.3) is 0 Å². The topological polar surface area (TPSA) is 119 Å². The second-order valence-electron chi connectivity index (χ2n) is 6.34. The predicted molar refractivity (Wildman–Crippen MR) is 99.9 cm³/mol. The number of Topliss-reactive ketones (excluding diaryl/α,β-unsaturated/α-hetero) is 1. The van der Waals surface area contributed by atoms with Crippen LogP contribution in [0.25, 0.3) is 0 Å². The Morgan fingerprint density at radius 1 is 1.29 bits per heavy atom. The highest BCUT2D eigenvalue weighted by Crippen LogP contribution is 2.28. The van der Waals surface area contributed by atoms with Crippen molar-refractivity contribution in [2.75, 3.05) is 20.8 Å². The summed E-state index contributed by atoms with van der Waals surface area (Å²) in [5.74, 6) is -0.875. The van der Waals surface area contributed by atoms with Gasteiger partial charge in [0, 0.05) is 20.7 Å². The van der Waals surface area contributed by atoms with Crippen LogP contribution in [0.15, 0.2) is 21.8 Å². The number of aromatic nitrogens is 2. The van der Waals surface area contributed by atoms with Crippen molar-refractivity contribution in [1.82, 2.24) is 14.5 Å². The third kappa shape index (κ3) is 4.22. The Labute approximate surface area is 163 Å². The summed E-state index contributed by atoms with van der Waals surface area (Å²) in [4.78, 5) is 30.0. The Balaban J connectivity index is 2.32. The number of esters is 1. The van der Waals surface area contributed by atoms with Crippen LogP contribution in [0.4, 0.5) is 5.95 Å². The number of nitrogens with zero attached hydrogens (tertiary/aromatic N) is 5. The Morgan fingerprint density at radius 2 is 2.00 bits per heavy atom. The minimum atomic E-state index is -0.914. The fraction of sp³-hybridized carbons (Fsp3) is 0.611. The zero-order valence-corrected chi connectivity index (χ0v) is 16.9. The molecule has 154 valence electrons. The fourth-order valence-corrected chi connectivity index (χ4v) is 2.97. The van der Waals surface area contributed by atoms with Crippen molar-refractivity contribution in [3.8, 4) is 0 Å². The number of ether oxygens (including phenoxy) is 2. The summed E-state index contributed by atoms with van der Waals surface area (Å²) in [6.07, 6.45) is 1.43. The molecule has 1 unspecified atom stereocenters. The molecule has 10 heteroatoms. The maximum absolute atomic E-state index is 12.5. The molecule has 1 aromatic rings. The van der Waals surface area contributed by atoms with E-state index < -0.39 is 12.0 Å². The van der Waals surface area contributed by atoms with Crippen LogP contribution in [0.5, 0.6) is 0 Å². The normalized spacial score (nSPS) is 17.2. The molecule has 0 saturated heterocycles. The lowest BCUT2D eigenvalue weighted by atomic mass is 10.2. The Bertz CT molecular complexity index is 799. The Morgan fingerprint density at radius 3 is 2.57 bits per heavy atom. The molecule has 0 fully saturated rings. The smallest absolute Gasteiger partial charge is 0.311 e. The molecule has 0 radical (unpaired) electrons. The van der Waals surface area contributed by atoms with E-state index in [1.807, 2.05) is 13.8 Å². The summed E-state index contributed by atoms with van der Waals surface area (Å²) in [6, 6.07) is 0. The number of hydrogen-bond acceptors (Lipinski definition) is 9. The molecule has 0 aromatic carbocycles. The summed E-state index contributed by atoms with van der Waals surface area (Å²) < 4.78 is 11.5. The van der Waals surface area contributed by atoms with Crippen LogP contribution in [-0.2, 0) is 39.0 Å². The van der Waals surface area contributed by atoms with Crippen molar-refractivity contribution in [2.45, 2.75) is 45.8 Å². The van der Waals surface area contributed by atoms with E-state index in [-0.39, 0.29) is 29.9 Å². The highest BCUT2D eigenvalue weighted by atomic mass is 16.5. The molecule has 28 heavy (non-hydrogen) atoms. The Kier molecular flexibility index (Phi) is 7.27. The van der Waals surface area contributed by atoms with Gasteiger partial charge in [0.1, 0.15) is 0 Å². The van der Waals surface area contributed by atoms with Gasteiger partial charge in [-0.15, -0.1) is 10.2 Å². The number of methoxy groups -OCH3 is 2. The van der Waals surface area contributed by atoms with Gasteiger partial charge >= 0.3 is 5.97 Å². The lowest BCUT2D eigenvalue weighted by Crippen LogP contribution is -2.36. The van der Waals surface area contributed by atoms with Gasteiger partial charge in [-0.2, -0.15) is 0 Å². The van der Waals surface area contributed by atoms with E-state index in [9.17, 15) is 14.7 Å². The van der Waals surface area contributed by atoms with Gasteiger partial charge in [0.15, 0.2) is 11.9 Å². The number of imidazole rings is 1.